The van der Waals surface area contributed by atoms with Crippen molar-refractivity contribution in [3.8, 4) is 5.75 Å². The molecule has 3 aromatic rings. The molecule has 0 aromatic heterocycles. The number of likely N-dealkylation sites (tertiary alicyclic amines) is 1. The largest absolute Gasteiger partial charge is 0.508 e. The number of benzene rings is 3. The summed E-state index contributed by atoms with van der Waals surface area (Å²) in [7, 11) is 0. The van der Waals surface area contributed by atoms with Gasteiger partial charge >= 0.3 is 0 Å². The van der Waals surface area contributed by atoms with Crippen molar-refractivity contribution in [3.63, 3.8) is 0 Å². The third kappa shape index (κ3) is 4.89. The lowest BCUT2D eigenvalue weighted by molar-refractivity contribution is -0.0707. The van der Waals surface area contributed by atoms with Crippen molar-refractivity contribution in [2.24, 2.45) is 0 Å². The van der Waals surface area contributed by atoms with Gasteiger partial charge in [0.05, 0.1) is 35.7 Å². The summed E-state index contributed by atoms with van der Waals surface area (Å²) in [5.74, 6) is -4.93. The van der Waals surface area contributed by atoms with Crippen molar-refractivity contribution < 1.29 is 32.6 Å². The number of carbonyl (C=O) groups excluding carboxylic acids is 1. The van der Waals surface area contributed by atoms with E-state index < -0.39 is 40.5 Å². The van der Waals surface area contributed by atoms with Gasteiger partial charge in [0.25, 0.3) is 5.91 Å². The highest BCUT2D eigenvalue weighted by Gasteiger charge is 2.44. The molecule has 0 spiro atoms. The summed E-state index contributed by atoms with van der Waals surface area (Å²) < 4.78 is 57.2. The predicted molar refractivity (Wildman–Crippen MR) is 126 cm³/mol. The molecule has 3 aromatic carbocycles. The van der Waals surface area contributed by atoms with Gasteiger partial charge in [-0.25, -0.2) is 17.6 Å². The fraction of sp³-hybridized carbons (Fsp3) is 0.174. The van der Waals surface area contributed by atoms with E-state index in [0.29, 0.717) is 3.57 Å². The van der Waals surface area contributed by atoms with Gasteiger partial charge in [-0.15, -0.1) is 0 Å². The number of carbonyl (C=O) groups is 1. The smallest absolute Gasteiger partial charge is 0.256 e. The first kappa shape index (κ1) is 24.1. The first-order chi connectivity index (χ1) is 16.1. The standard InChI is InChI=1S/C23H18F4IN3O3/c24-15-4-3-14(21(20(15)27)30-19-5-1-12(28)7-16(19)25)22(33)31-10-23(34,11-31)9-29-18-6-2-13(32)8-17(18)26/h1-8,29-30,32,34H,9-11H2. The van der Waals surface area contributed by atoms with Crippen LogP contribution >= 0.6 is 22.6 Å². The highest BCUT2D eigenvalue weighted by molar-refractivity contribution is 14.1. The van der Waals surface area contributed by atoms with Gasteiger partial charge in [-0.05, 0) is 65.1 Å². The van der Waals surface area contributed by atoms with Crippen molar-refractivity contribution >= 4 is 45.6 Å². The van der Waals surface area contributed by atoms with Crippen LogP contribution < -0.4 is 10.6 Å². The summed E-state index contributed by atoms with van der Waals surface area (Å²) in [4.78, 5) is 14.2. The molecule has 0 saturated carbocycles. The molecule has 0 bridgehead atoms. The first-order valence-corrected chi connectivity index (χ1v) is 11.1. The van der Waals surface area contributed by atoms with Gasteiger partial charge in [-0.2, -0.15) is 0 Å². The maximum Gasteiger partial charge on any atom is 0.256 e. The van der Waals surface area contributed by atoms with Crippen molar-refractivity contribution in [3.05, 3.63) is 80.9 Å². The van der Waals surface area contributed by atoms with Crippen LogP contribution in [0.1, 0.15) is 10.4 Å². The molecular formula is C23H18F4IN3O3. The number of rotatable bonds is 6. The number of phenols is 1. The number of anilines is 3. The summed E-state index contributed by atoms with van der Waals surface area (Å²) in [6.45, 7) is -0.418. The lowest BCUT2D eigenvalue weighted by atomic mass is 9.92. The fourth-order valence-corrected chi connectivity index (χ4v) is 4.03. The van der Waals surface area contributed by atoms with Crippen molar-refractivity contribution in [1.82, 2.24) is 4.90 Å². The second-order valence-electron chi connectivity index (χ2n) is 7.94. The number of nitrogens with zero attached hydrogens (tertiary/aromatic N) is 1. The van der Waals surface area contributed by atoms with Crippen LogP contribution in [0.25, 0.3) is 0 Å². The third-order valence-electron chi connectivity index (χ3n) is 5.33. The fourth-order valence-electron chi connectivity index (χ4n) is 3.57. The Morgan fingerprint density at radius 2 is 1.65 bits per heavy atom. The molecule has 4 rings (SSSR count). The van der Waals surface area contributed by atoms with Crippen LogP contribution in [0.4, 0.5) is 34.6 Å². The lowest BCUT2D eigenvalue weighted by Gasteiger charge is -2.46. The Balaban J connectivity index is 1.49. The average Bonchev–Trinajstić information content (AvgIpc) is 2.75. The Labute approximate surface area is 205 Å². The van der Waals surface area contributed by atoms with Crippen LogP contribution in [0.5, 0.6) is 5.75 Å². The maximum absolute atomic E-state index is 14.6. The van der Waals surface area contributed by atoms with E-state index >= 15 is 0 Å². The molecular weight excluding hydrogens is 569 g/mol. The van der Waals surface area contributed by atoms with E-state index in [1.165, 1.54) is 29.2 Å². The van der Waals surface area contributed by atoms with E-state index in [9.17, 15) is 32.6 Å². The van der Waals surface area contributed by atoms with Crippen LogP contribution in [0.2, 0.25) is 0 Å². The van der Waals surface area contributed by atoms with Crippen LogP contribution in [0.15, 0.2) is 48.5 Å². The topological polar surface area (TPSA) is 84.8 Å². The summed E-state index contributed by atoms with van der Waals surface area (Å²) in [5, 5.41) is 25.1. The minimum atomic E-state index is -1.39. The SMILES string of the molecule is O=C(c1ccc(F)c(F)c1Nc1ccc(I)cc1F)N1CC(O)(CNc2ccc(O)cc2F)C1. The summed E-state index contributed by atoms with van der Waals surface area (Å²) in [6, 6.07) is 9.46. The molecule has 1 fully saturated rings. The number of aliphatic hydroxyl groups is 1. The molecule has 11 heteroatoms. The van der Waals surface area contributed by atoms with Gasteiger partial charge in [-0.1, -0.05) is 0 Å². The number of hydrogen-bond donors (Lipinski definition) is 4. The number of β-amino-alcohol motifs (C(OH)–C–C–N with tert-alkyl or cyclic N) is 1. The van der Waals surface area contributed by atoms with E-state index in [1.807, 2.05) is 22.6 Å². The monoisotopic (exact) mass is 587 g/mol. The highest BCUT2D eigenvalue weighted by Crippen LogP contribution is 2.32. The van der Waals surface area contributed by atoms with E-state index in [2.05, 4.69) is 10.6 Å². The minimum Gasteiger partial charge on any atom is -0.508 e. The predicted octanol–water partition coefficient (Wildman–Crippen LogP) is 4.60. The number of amides is 1. The highest BCUT2D eigenvalue weighted by atomic mass is 127. The molecule has 0 atom stereocenters. The van der Waals surface area contributed by atoms with Gasteiger partial charge < -0.3 is 25.7 Å². The van der Waals surface area contributed by atoms with Gasteiger partial charge in [0.15, 0.2) is 11.6 Å². The van der Waals surface area contributed by atoms with Crippen molar-refractivity contribution in [2.45, 2.75) is 5.60 Å². The quantitative estimate of drug-likeness (QED) is 0.193. The van der Waals surface area contributed by atoms with Gasteiger partial charge in [0, 0.05) is 16.2 Å². The van der Waals surface area contributed by atoms with Gasteiger partial charge in [0.1, 0.15) is 23.0 Å². The molecule has 1 saturated heterocycles. The Morgan fingerprint density at radius 1 is 0.971 bits per heavy atom. The van der Waals surface area contributed by atoms with E-state index in [4.69, 9.17) is 0 Å². The minimum absolute atomic E-state index is 0.0580. The second kappa shape index (κ2) is 9.29. The Morgan fingerprint density at radius 3 is 2.32 bits per heavy atom. The van der Waals surface area contributed by atoms with Crippen LogP contribution in [0, 0.1) is 26.8 Å². The molecule has 1 aliphatic rings. The van der Waals surface area contributed by atoms with Gasteiger partial charge in [0.2, 0.25) is 0 Å². The molecule has 0 radical (unpaired) electrons. The molecule has 4 N–H and O–H groups in total. The zero-order valence-electron chi connectivity index (χ0n) is 17.4. The van der Waals surface area contributed by atoms with Crippen LogP contribution in [-0.4, -0.2) is 46.3 Å². The molecule has 1 heterocycles. The number of phenolic OH excluding ortho intramolecular Hbond substituents is 1. The summed E-state index contributed by atoms with van der Waals surface area (Å²) >= 11 is 1.90. The number of hydrogen-bond acceptors (Lipinski definition) is 5. The normalized spacial score (nSPS) is 14.5. The van der Waals surface area contributed by atoms with E-state index in [-0.39, 0.29) is 42.3 Å². The van der Waals surface area contributed by atoms with Crippen molar-refractivity contribution in [2.75, 3.05) is 30.3 Å². The van der Waals surface area contributed by atoms with E-state index in [1.54, 1.807) is 6.07 Å². The zero-order chi connectivity index (χ0) is 24.6. The second-order valence-corrected chi connectivity index (χ2v) is 9.18. The lowest BCUT2D eigenvalue weighted by Crippen LogP contribution is -2.66. The first-order valence-electron chi connectivity index (χ1n) is 10.0. The van der Waals surface area contributed by atoms with Gasteiger partial charge in [-0.3, -0.25) is 4.79 Å². The molecule has 34 heavy (non-hydrogen) atoms. The molecule has 178 valence electrons. The number of nitrogens with one attached hydrogen (secondary N) is 2. The molecule has 0 aliphatic carbocycles. The number of aromatic hydroxyl groups is 1. The molecule has 1 amide bonds. The zero-order valence-corrected chi connectivity index (χ0v) is 19.5. The molecule has 0 unspecified atom stereocenters. The average molecular weight is 587 g/mol. The Bertz CT molecular complexity index is 1270. The summed E-state index contributed by atoms with van der Waals surface area (Å²) in [6.07, 6.45) is 0. The van der Waals surface area contributed by atoms with Crippen LogP contribution in [0.3, 0.4) is 0 Å². The maximum atomic E-state index is 14.6. The molecule has 6 nitrogen and oxygen atoms in total. The van der Waals surface area contributed by atoms with E-state index in [0.717, 1.165) is 18.2 Å². The Kier molecular flexibility index (Phi) is 6.58. The van der Waals surface area contributed by atoms with Crippen LogP contribution in [-0.2, 0) is 0 Å². The summed E-state index contributed by atoms with van der Waals surface area (Å²) in [5.41, 5.74) is -2.24. The third-order valence-corrected chi connectivity index (χ3v) is 6.01. The Hall–Kier alpha value is -3.06. The number of halogens is 5. The van der Waals surface area contributed by atoms with Crippen molar-refractivity contribution in [1.29, 1.82) is 0 Å². The molecule has 1 aliphatic heterocycles.